The van der Waals surface area contributed by atoms with E-state index in [-0.39, 0.29) is 24.2 Å². The van der Waals surface area contributed by atoms with E-state index in [1.165, 1.54) is 0 Å². The van der Waals surface area contributed by atoms with Crippen LogP contribution in [-0.2, 0) is 9.59 Å². The minimum atomic E-state index is -0.754. The molecule has 1 saturated heterocycles. The molecule has 104 valence electrons. The molecule has 0 aromatic heterocycles. The highest BCUT2D eigenvalue weighted by atomic mass is 16.4. The molecule has 0 spiro atoms. The Hall–Kier alpha value is -1.10. The topological polar surface area (TPSA) is 83.6 Å². The largest absolute Gasteiger partial charge is 0.481 e. The Morgan fingerprint density at radius 3 is 2.39 bits per heavy atom. The maximum absolute atomic E-state index is 12.1. The third kappa shape index (κ3) is 3.98. The van der Waals surface area contributed by atoms with Crippen molar-refractivity contribution in [2.24, 2.45) is 17.6 Å². The van der Waals surface area contributed by atoms with Gasteiger partial charge in [0.15, 0.2) is 0 Å². The molecule has 1 rings (SSSR count). The van der Waals surface area contributed by atoms with Crippen LogP contribution < -0.4 is 5.73 Å². The van der Waals surface area contributed by atoms with Crippen molar-refractivity contribution in [2.45, 2.75) is 45.6 Å². The summed E-state index contributed by atoms with van der Waals surface area (Å²) in [6.07, 6.45) is 2.64. The van der Waals surface area contributed by atoms with Crippen LogP contribution in [0.2, 0.25) is 0 Å². The fourth-order valence-corrected chi connectivity index (χ4v) is 2.31. The van der Waals surface area contributed by atoms with Gasteiger partial charge < -0.3 is 15.7 Å². The third-order valence-corrected chi connectivity index (χ3v) is 3.93. The lowest BCUT2D eigenvalue weighted by atomic mass is 9.92. The Balaban J connectivity index is 2.42. The van der Waals surface area contributed by atoms with Crippen LogP contribution in [0.5, 0.6) is 0 Å². The van der Waals surface area contributed by atoms with Gasteiger partial charge in [-0.15, -0.1) is 0 Å². The van der Waals surface area contributed by atoms with Crippen molar-refractivity contribution in [3.8, 4) is 0 Å². The van der Waals surface area contributed by atoms with Gasteiger partial charge in [0.25, 0.3) is 0 Å². The summed E-state index contributed by atoms with van der Waals surface area (Å²) in [5.74, 6) is -0.352. The van der Waals surface area contributed by atoms with Gasteiger partial charge in [-0.1, -0.05) is 20.3 Å². The number of carbonyl (C=O) groups excluding carboxylic acids is 1. The second-order valence-electron chi connectivity index (χ2n) is 5.28. The standard InChI is InChI=1S/C13H24N2O3/c1-3-9(2)12(14)13(18)15-6-4-10(5-7-15)8-11(16)17/h9-10,12H,3-8,14H2,1-2H3,(H,16,17). The average Bonchev–Trinajstić information content (AvgIpc) is 2.36. The van der Waals surface area contributed by atoms with Crippen molar-refractivity contribution < 1.29 is 14.7 Å². The summed E-state index contributed by atoms with van der Waals surface area (Å²) < 4.78 is 0. The number of piperidine rings is 1. The maximum atomic E-state index is 12.1. The van der Waals surface area contributed by atoms with Crippen molar-refractivity contribution in [3.05, 3.63) is 0 Å². The van der Waals surface area contributed by atoms with E-state index in [1.807, 2.05) is 13.8 Å². The SMILES string of the molecule is CCC(C)C(N)C(=O)N1CCC(CC(=O)O)CC1. The Bertz CT molecular complexity index is 299. The molecule has 1 heterocycles. The number of carboxylic acids is 1. The first-order chi connectivity index (χ1) is 8.45. The van der Waals surface area contributed by atoms with Crippen molar-refractivity contribution >= 4 is 11.9 Å². The van der Waals surface area contributed by atoms with Crippen LogP contribution in [0, 0.1) is 11.8 Å². The van der Waals surface area contributed by atoms with Crippen LogP contribution in [0.25, 0.3) is 0 Å². The molecule has 1 aliphatic heterocycles. The molecule has 0 aromatic carbocycles. The zero-order valence-corrected chi connectivity index (χ0v) is 11.3. The number of nitrogens with two attached hydrogens (primary N) is 1. The molecular formula is C13H24N2O3. The van der Waals surface area contributed by atoms with Gasteiger partial charge >= 0.3 is 5.97 Å². The highest BCUT2D eigenvalue weighted by Gasteiger charge is 2.29. The number of hydrogen-bond acceptors (Lipinski definition) is 3. The molecule has 3 N–H and O–H groups in total. The Labute approximate surface area is 108 Å². The van der Waals surface area contributed by atoms with Gasteiger partial charge in [0.1, 0.15) is 0 Å². The second-order valence-corrected chi connectivity index (χ2v) is 5.28. The highest BCUT2D eigenvalue weighted by molar-refractivity contribution is 5.82. The van der Waals surface area contributed by atoms with E-state index in [0.717, 1.165) is 19.3 Å². The molecule has 0 saturated carbocycles. The average molecular weight is 256 g/mol. The third-order valence-electron chi connectivity index (χ3n) is 3.93. The number of likely N-dealkylation sites (tertiary alicyclic amines) is 1. The molecule has 5 nitrogen and oxygen atoms in total. The van der Waals surface area contributed by atoms with E-state index in [4.69, 9.17) is 10.8 Å². The lowest BCUT2D eigenvalue weighted by Crippen LogP contribution is -2.49. The minimum absolute atomic E-state index is 0.0122. The molecule has 1 amide bonds. The second kappa shape index (κ2) is 6.73. The summed E-state index contributed by atoms with van der Waals surface area (Å²) in [4.78, 5) is 24.5. The molecule has 0 aliphatic carbocycles. The molecular weight excluding hydrogens is 232 g/mol. The summed E-state index contributed by atoms with van der Waals surface area (Å²) in [5.41, 5.74) is 5.93. The fourth-order valence-electron chi connectivity index (χ4n) is 2.31. The fraction of sp³-hybridized carbons (Fsp3) is 0.846. The van der Waals surface area contributed by atoms with Crippen LogP contribution in [0.1, 0.15) is 39.5 Å². The van der Waals surface area contributed by atoms with E-state index in [1.54, 1.807) is 4.90 Å². The van der Waals surface area contributed by atoms with Gasteiger partial charge in [0.2, 0.25) is 5.91 Å². The predicted molar refractivity (Wildman–Crippen MR) is 69.0 cm³/mol. The molecule has 0 bridgehead atoms. The Morgan fingerprint density at radius 1 is 1.39 bits per heavy atom. The molecule has 2 unspecified atom stereocenters. The number of nitrogens with zero attached hydrogens (tertiary/aromatic N) is 1. The summed E-state index contributed by atoms with van der Waals surface area (Å²) in [5, 5.41) is 8.73. The Kier molecular flexibility index (Phi) is 5.59. The molecule has 0 aromatic rings. The van der Waals surface area contributed by atoms with Gasteiger partial charge in [-0.05, 0) is 24.7 Å². The molecule has 1 aliphatic rings. The van der Waals surface area contributed by atoms with Gasteiger partial charge in [-0.25, -0.2) is 0 Å². The number of aliphatic carboxylic acids is 1. The number of carbonyl (C=O) groups is 2. The van der Waals surface area contributed by atoms with Crippen molar-refractivity contribution in [2.75, 3.05) is 13.1 Å². The van der Waals surface area contributed by atoms with Gasteiger partial charge in [0.05, 0.1) is 6.04 Å². The predicted octanol–water partition coefficient (Wildman–Crippen LogP) is 1.07. The minimum Gasteiger partial charge on any atom is -0.481 e. The zero-order chi connectivity index (χ0) is 13.7. The van der Waals surface area contributed by atoms with E-state index >= 15 is 0 Å². The van der Waals surface area contributed by atoms with E-state index < -0.39 is 12.0 Å². The van der Waals surface area contributed by atoms with Crippen molar-refractivity contribution in [3.63, 3.8) is 0 Å². The summed E-state index contributed by atoms with van der Waals surface area (Å²) in [6.45, 7) is 5.29. The van der Waals surface area contributed by atoms with Crippen LogP contribution in [0.4, 0.5) is 0 Å². The summed E-state index contributed by atoms with van der Waals surface area (Å²) in [7, 11) is 0. The normalized spacial score (nSPS) is 20.5. The number of amides is 1. The number of rotatable bonds is 5. The lowest BCUT2D eigenvalue weighted by molar-refractivity contribution is -0.139. The lowest BCUT2D eigenvalue weighted by Gasteiger charge is -2.34. The first kappa shape index (κ1) is 15.0. The molecule has 2 atom stereocenters. The van der Waals surface area contributed by atoms with E-state index in [2.05, 4.69) is 0 Å². The number of carboxylic acid groups (broad SMARTS) is 1. The molecule has 5 heteroatoms. The molecule has 18 heavy (non-hydrogen) atoms. The Morgan fingerprint density at radius 2 is 1.94 bits per heavy atom. The van der Waals surface area contributed by atoms with Crippen LogP contribution >= 0.6 is 0 Å². The molecule has 1 fully saturated rings. The van der Waals surface area contributed by atoms with Crippen molar-refractivity contribution in [1.29, 1.82) is 0 Å². The van der Waals surface area contributed by atoms with Gasteiger partial charge in [-0.3, -0.25) is 9.59 Å². The van der Waals surface area contributed by atoms with Crippen LogP contribution in [-0.4, -0.2) is 41.0 Å². The summed E-state index contributed by atoms with van der Waals surface area (Å²) in [6, 6.07) is -0.425. The van der Waals surface area contributed by atoms with Gasteiger partial charge in [0, 0.05) is 19.5 Å². The van der Waals surface area contributed by atoms with E-state index in [9.17, 15) is 9.59 Å². The number of hydrogen-bond donors (Lipinski definition) is 2. The first-order valence-electron chi connectivity index (χ1n) is 6.71. The van der Waals surface area contributed by atoms with Crippen molar-refractivity contribution in [1.82, 2.24) is 4.90 Å². The first-order valence-corrected chi connectivity index (χ1v) is 6.71. The molecule has 0 radical (unpaired) electrons. The monoisotopic (exact) mass is 256 g/mol. The highest BCUT2D eigenvalue weighted by Crippen LogP contribution is 2.21. The van der Waals surface area contributed by atoms with Crippen LogP contribution in [0.15, 0.2) is 0 Å². The maximum Gasteiger partial charge on any atom is 0.303 e. The van der Waals surface area contributed by atoms with E-state index in [0.29, 0.717) is 13.1 Å². The zero-order valence-electron chi connectivity index (χ0n) is 11.3. The van der Waals surface area contributed by atoms with Gasteiger partial charge in [-0.2, -0.15) is 0 Å². The van der Waals surface area contributed by atoms with Crippen LogP contribution in [0.3, 0.4) is 0 Å². The summed E-state index contributed by atoms with van der Waals surface area (Å²) >= 11 is 0. The smallest absolute Gasteiger partial charge is 0.303 e. The quantitative estimate of drug-likeness (QED) is 0.770.